The summed E-state index contributed by atoms with van der Waals surface area (Å²) < 4.78 is 0. The number of rotatable bonds is 4. The molecule has 0 aliphatic heterocycles. The number of urea groups is 1. The first-order valence-electron chi connectivity index (χ1n) is 5.78. The highest BCUT2D eigenvalue weighted by molar-refractivity contribution is 5.89. The van der Waals surface area contributed by atoms with E-state index in [-0.39, 0.29) is 24.6 Å². The maximum Gasteiger partial charge on any atom is 0.319 e. The lowest BCUT2D eigenvalue weighted by Crippen LogP contribution is -2.43. The van der Waals surface area contributed by atoms with Crippen LogP contribution in [0.25, 0.3) is 0 Å². The standard InChI is InChI=1S/C13H20N2O2/c1-9(2)12(8-16)15-13(17)14-11-6-4-5-10(3)7-11/h4-7,9,12,16H,8H2,1-3H3,(H2,14,15,17)/t12-/m1/s1. The molecule has 0 bridgehead atoms. The van der Waals surface area contributed by atoms with Gasteiger partial charge in [-0.2, -0.15) is 0 Å². The molecule has 4 heteroatoms. The Morgan fingerprint density at radius 1 is 1.41 bits per heavy atom. The molecular weight excluding hydrogens is 216 g/mol. The van der Waals surface area contributed by atoms with Gasteiger partial charge in [0.25, 0.3) is 0 Å². The number of aliphatic hydroxyl groups is 1. The van der Waals surface area contributed by atoms with E-state index in [0.29, 0.717) is 0 Å². The fraction of sp³-hybridized carbons (Fsp3) is 0.462. The van der Waals surface area contributed by atoms with Gasteiger partial charge >= 0.3 is 6.03 Å². The highest BCUT2D eigenvalue weighted by Crippen LogP contribution is 2.09. The second kappa shape index (κ2) is 6.25. The Morgan fingerprint density at radius 2 is 2.12 bits per heavy atom. The van der Waals surface area contributed by atoms with Crippen molar-refractivity contribution >= 4 is 11.7 Å². The molecule has 0 aliphatic carbocycles. The Bertz CT molecular complexity index is 377. The van der Waals surface area contributed by atoms with Crippen molar-refractivity contribution in [1.82, 2.24) is 5.32 Å². The molecule has 4 nitrogen and oxygen atoms in total. The third-order valence-corrected chi connectivity index (χ3v) is 2.59. The van der Waals surface area contributed by atoms with Crippen LogP contribution in [0.2, 0.25) is 0 Å². The van der Waals surface area contributed by atoms with Gasteiger partial charge in [0.2, 0.25) is 0 Å². The van der Waals surface area contributed by atoms with E-state index in [9.17, 15) is 4.79 Å². The van der Waals surface area contributed by atoms with Gasteiger partial charge < -0.3 is 15.7 Å². The number of carbonyl (C=O) groups excluding carboxylic acids is 1. The minimum Gasteiger partial charge on any atom is -0.394 e. The number of benzene rings is 1. The second-order valence-electron chi connectivity index (χ2n) is 4.50. The molecule has 17 heavy (non-hydrogen) atoms. The fourth-order valence-corrected chi connectivity index (χ4v) is 1.48. The maximum absolute atomic E-state index is 11.7. The van der Waals surface area contributed by atoms with E-state index in [1.54, 1.807) is 0 Å². The van der Waals surface area contributed by atoms with Crippen LogP contribution < -0.4 is 10.6 Å². The van der Waals surface area contributed by atoms with Crippen molar-refractivity contribution in [2.45, 2.75) is 26.8 Å². The van der Waals surface area contributed by atoms with Crippen molar-refractivity contribution in [1.29, 1.82) is 0 Å². The monoisotopic (exact) mass is 236 g/mol. The van der Waals surface area contributed by atoms with E-state index in [0.717, 1.165) is 11.3 Å². The van der Waals surface area contributed by atoms with Crippen molar-refractivity contribution in [3.05, 3.63) is 29.8 Å². The molecule has 2 amide bonds. The number of hydrogen-bond donors (Lipinski definition) is 3. The minimum absolute atomic E-state index is 0.0566. The minimum atomic E-state index is -0.289. The first-order valence-corrected chi connectivity index (χ1v) is 5.78. The van der Waals surface area contributed by atoms with Crippen LogP contribution in [0, 0.1) is 12.8 Å². The summed E-state index contributed by atoms with van der Waals surface area (Å²) in [7, 11) is 0. The van der Waals surface area contributed by atoms with Gasteiger partial charge in [-0.05, 0) is 30.5 Å². The van der Waals surface area contributed by atoms with E-state index in [1.807, 2.05) is 45.0 Å². The Balaban J connectivity index is 2.55. The topological polar surface area (TPSA) is 61.4 Å². The largest absolute Gasteiger partial charge is 0.394 e. The average Bonchev–Trinajstić information content (AvgIpc) is 2.25. The predicted octanol–water partition coefficient (Wildman–Crippen LogP) is 2.13. The van der Waals surface area contributed by atoms with E-state index in [1.165, 1.54) is 0 Å². The molecule has 0 heterocycles. The van der Waals surface area contributed by atoms with Crippen molar-refractivity contribution in [2.24, 2.45) is 5.92 Å². The van der Waals surface area contributed by atoms with E-state index < -0.39 is 0 Å². The Hall–Kier alpha value is -1.55. The van der Waals surface area contributed by atoms with Gasteiger partial charge in [0.1, 0.15) is 0 Å². The number of hydrogen-bond acceptors (Lipinski definition) is 2. The number of carbonyl (C=O) groups is 1. The lowest BCUT2D eigenvalue weighted by atomic mass is 10.1. The third-order valence-electron chi connectivity index (χ3n) is 2.59. The number of nitrogens with one attached hydrogen (secondary N) is 2. The van der Waals surface area contributed by atoms with Crippen molar-refractivity contribution in [3.8, 4) is 0 Å². The Kier molecular flexibility index (Phi) is 4.97. The molecule has 3 N–H and O–H groups in total. The molecule has 0 fully saturated rings. The highest BCUT2D eigenvalue weighted by Gasteiger charge is 2.14. The first kappa shape index (κ1) is 13.5. The number of aryl methyl sites for hydroxylation is 1. The Labute approximate surface area is 102 Å². The summed E-state index contributed by atoms with van der Waals surface area (Å²) in [5.41, 5.74) is 1.84. The zero-order valence-electron chi connectivity index (χ0n) is 10.5. The molecule has 1 aromatic rings. The van der Waals surface area contributed by atoms with Crippen LogP contribution in [0.5, 0.6) is 0 Å². The van der Waals surface area contributed by atoms with Gasteiger partial charge in [0, 0.05) is 5.69 Å². The normalized spacial score (nSPS) is 12.3. The summed E-state index contributed by atoms with van der Waals surface area (Å²) in [6, 6.07) is 7.06. The van der Waals surface area contributed by atoms with Gasteiger partial charge in [-0.3, -0.25) is 0 Å². The van der Waals surface area contributed by atoms with Gasteiger partial charge in [-0.15, -0.1) is 0 Å². The third kappa shape index (κ3) is 4.44. The van der Waals surface area contributed by atoms with Crippen molar-refractivity contribution in [3.63, 3.8) is 0 Å². The van der Waals surface area contributed by atoms with Crippen LogP contribution >= 0.6 is 0 Å². The molecule has 94 valence electrons. The van der Waals surface area contributed by atoms with Crippen molar-refractivity contribution in [2.75, 3.05) is 11.9 Å². The zero-order valence-corrected chi connectivity index (χ0v) is 10.5. The van der Waals surface area contributed by atoms with Gasteiger partial charge in [0.05, 0.1) is 12.6 Å². The summed E-state index contributed by atoms with van der Waals surface area (Å²) >= 11 is 0. The zero-order chi connectivity index (χ0) is 12.8. The molecule has 0 aliphatic rings. The summed E-state index contributed by atoms with van der Waals surface area (Å²) in [4.78, 5) is 11.7. The average molecular weight is 236 g/mol. The summed E-state index contributed by atoms with van der Waals surface area (Å²) in [6.45, 7) is 5.81. The molecule has 0 spiro atoms. The van der Waals surface area contributed by atoms with Gasteiger partial charge in [-0.1, -0.05) is 26.0 Å². The maximum atomic E-state index is 11.7. The quantitative estimate of drug-likeness (QED) is 0.750. The number of aliphatic hydroxyl groups excluding tert-OH is 1. The fourth-order valence-electron chi connectivity index (χ4n) is 1.48. The second-order valence-corrected chi connectivity index (χ2v) is 4.50. The number of amides is 2. The highest BCUT2D eigenvalue weighted by atomic mass is 16.3. The molecular formula is C13H20N2O2. The van der Waals surface area contributed by atoms with Crippen LogP contribution in [-0.2, 0) is 0 Å². The molecule has 0 radical (unpaired) electrons. The van der Waals surface area contributed by atoms with E-state index in [2.05, 4.69) is 10.6 Å². The van der Waals surface area contributed by atoms with Gasteiger partial charge in [0.15, 0.2) is 0 Å². The molecule has 1 rings (SSSR count). The molecule has 0 aromatic heterocycles. The van der Waals surface area contributed by atoms with E-state index in [4.69, 9.17) is 5.11 Å². The molecule has 0 saturated heterocycles. The van der Waals surface area contributed by atoms with Crippen LogP contribution in [0.1, 0.15) is 19.4 Å². The van der Waals surface area contributed by atoms with E-state index >= 15 is 0 Å². The molecule has 1 atom stereocenters. The smallest absolute Gasteiger partial charge is 0.319 e. The van der Waals surface area contributed by atoms with Crippen LogP contribution in [0.3, 0.4) is 0 Å². The lowest BCUT2D eigenvalue weighted by Gasteiger charge is -2.20. The van der Waals surface area contributed by atoms with Crippen LogP contribution in [0.4, 0.5) is 10.5 Å². The Morgan fingerprint density at radius 3 is 2.65 bits per heavy atom. The van der Waals surface area contributed by atoms with Crippen molar-refractivity contribution < 1.29 is 9.90 Å². The molecule has 0 saturated carbocycles. The van der Waals surface area contributed by atoms with Gasteiger partial charge in [-0.25, -0.2) is 4.79 Å². The van der Waals surface area contributed by atoms with Crippen LogP contribution in [0.15, 0.2) is 24.3 Å². The summed E-state index contributed by atoms with van der Waals surface area (Å²) in [6.07, 6.45) is 0. The summed E-state index contributed by atoms with van der Waals surface area (Å²) in [5, 5.41) is 14.6. The summed E-state index contributed by atoms with van der Waals surface area (Å²) in [5.74, 6) is 0.197. The molecule has 0 unspecified atom stereocenters. The first-order chi connectivity index (χ1) is 8.02. The lowest BCUT2D eigenvalue weighted by molar-refractivity contribution is 0.204. The van der Waals surface area contributed by atoms with Crippen LogP contribution in [-0.4, -0.2) is 23.8 Å². The number of anilines is 1. The molecule has 1 aromatic carbocycles. The predicted molar refractivity (Wildman–Crippen MR) is 69.0 cm³/mol. The SMILES string of the molecule is Cc1cccc(NC(=O)N[C@H](CO)C(C)C)c1.